The molecule has 2 aliphatic rings. The third kappa shape index (κ3) is 6.01. The van der Waals surface area contributed by atoms with E-state index in [1.165, 1.54) is 24.6 Å². The van der Waals surface area contributed by atoms with E-state index in [4.69, 9.17) is 0 Å². The normalized spacial score (nSPS) is 16.5. The molecule has 8 heteroatoms. The molecule has 0 aromatic heterocycles. The van der Waals surface area contributed by atoms with Crippen molar-refractivity contribution in [1.82, 2.24) is 5.32 Å². The number of carbonyl (C=O) groups is 2. The predicted octanol–water partition coefficient (Wildman–Crippen LogP) is 4.91. The van der Waals surface area contributed by atoms with E-state index in [1.807, 2.05) is 12.1 Å². The first-order valence-electron chi connectivity index (χ1n) is 11.9. The fourth-order valence-electron chi connectivity index (χ4n) is 4.60. The number of hydrogen-bond donors (Lipinski definition) is 2. The maximum Gasteiger partial charge on any atom is 0.269 e. The van der Waals surface area contributed by atoms with Crippen molar-refractivity contribution in [2.45, 2.75) is 51.0 Å². The van der Waals surface area contributed by atoms with E-state index in [9.17, 15) is 19.7 Å². The second-order valence-corrected chi connectivity index (χ2v) is 8.91. The largest absolute Gasteiger partial charge is 0.371 e. The molecule has 4 rings (SSSR count). The van der Waals surface area contributed by atoms with Crippen LogP contribution in [0, 0.1) is 10.1 Å². The molecule has 2 amide bonds. The Hall–Kier alpha value is -3.68. The molecule has 178 valence electrons. The van der Waals surface area contributed by atoms with Crippen molar-refractivity contribution < 1.29 is 14.5 Å². The predicted molar refractivity (Wildman–Crippen MR) is 133 cm³/mol. The summed E-state index contributed by atoms with van der Waals surface area (Å²) in [6, 6.07) is 11.7. The Labute approximate surface area is 199 Å². The highest BCUT2D eigenvalue weighted by molar-refractivity contribution is 6.05. The molecule has 0 atom stereocenters. The molecule has 0 radical (unpaired) electrons. The van der Waals surface area contributed by atoms with Gasteiger partial charge in [0.2, 0.25) is 5.91 Å². The van der Waals surface area contributed by atoms with Crippen LogP contribution in [0.5, 0.6) is 0 Å². The number of hydrogen-bond acceptors (Lipinski definition) is 5. The van der Waals surface area contributed by atoms with Crippen molar-refractivity contribution in [2.24, 2.45) is 0 Å². The molecule has 2 aromatic rings. The summed E-state index contributed by atoms with van der Waals surface area (Å²) >= 11 is 0. The first-order chi connectivity index (χ1) is 16.5. The van der Waals surface area contributed by atoms with Crippen LogP contribution in [0.4, 0.5) is 17.1 Å². The number of rotatable bonds is 7. The van der Waals surface area contributed by atoms with Gasteiger partial charge in [-0.3, -0.25) is 19.7 Å². The fourth-order valence-corrected chi connectivity index (χ4v) is 4.60. The fraction of sp³-hybridized carbons (Fsp3) is 0.385. The maximum atomic E-state index is 13.2. The van der Waals surface area contributed by atoms with Gasteiger partial charge < -0.3 is 15.5 Å². The lowest BCUT2D eigenvalue weighted by molar-refractivity contribution is -0.384. The summed E-state index contributed by atoms with van der Waals surface area (Å²) < 4.78 is 0. The Morgan fingerprint density at radius 2 is 1.68 bits per heavy atom. The number of nitro groups is 1. The summed E-state index contributed by atoms with van der Waals surface area (Å²) in [7, 11) is 0. The van der Waals surface area contributed by atoms with Gasteiger partial charge in [-0.15, -0.1) is 0 Å². The molecule has 1 saturated heterocycles. The minimum atomic E-state index is -0.464. The van der Waals surface area contributed by atoms with Crippen molar-refractivity contribution >= 4 is 35.0 Å². The van der Waals surface area contributed by atoms with Crippen LogP contribution in [0.3, 0.4) is 0 Å². The third-order valence-corrected chi connectivity index (χ3v) is 6.43. The van der Waals surface area contributed by atoms with Gasteiger partial charge in [-0.05, 0) is 67.7 Å². The molecular formula is C26H30N4O4. The molecule has 1 saturated carbocycles. The number of amides is 2. The Morgan fingerprint density at radius 3 is 2.35 bits per heavy atom. The molecule has 34 heavy (non-hydrogen) atoms. The van der Waals surface area contributed by atoms with Crippen LogP contribution in [-0.4, -0.2) is 35.9 Å². The molecule has 2 fully saturated rings. The van der Waals surface area contributed by atoms with Gasteiger partial charge >= 0.3 is 0 Å². The van der Waals surface area contributed by atoms with Gasteiger partial charge in [0.1, 0.15) is 0 Å². The SMILES string of the molecule is O=C(/C=C/c1ccc([N+](=O)[O-])cc1)Nc1ccc(N2CCCC2)c(C(=O)NC2CCCCC2)c1. The first-order valence-corrected chi connectivity index (χ1v) is 11.9. The highest BCUT2D eigenvalue weighted by atomic mass is 16.6. The van der Waals surface area contributed by atoms with E-state index < -0.39 is 4.92 Å². The smallest absolute Gasteiger partial charge is 0.269 e. The average Bonchev–Trinajstić information content (AvgIpc) is 3.38. The number of non-ortho nitro benzene ring substituents is 1. The lowest BCUT2D eigenvalue weighted by Gasteiger charge is -2.25. The summed E-state index contributed by atoms with van der Waals surface area (Å²) in [4.78, 5) is 38.2. The summed E-state index contributed by atoms with van der Waals surface area (Å²) in [6.45, 7) is 1.85. The lowest BCUT2D eigenvalue weighted by Crippen LogP contribution is -2.37. The molecule has 1 heterocycles. The molecule has 1 aliphatic heterocycles. The molecule has 0 bridgehead atoms. The first kappa shape index (κ1) is 23.5. The van der Waals surface area contributed by atoms with Gasteiger partial charge in [-0.25, -0.2) is 0 Å². The zero-order chi connectivity index (χ0) is 23.9. The lowest BCUT2D eigenvalue weighted by atomic mass is 9.95. The standard InChI is InChI=1S/C26H30N4O4/c31-25(15-10-19-8-12-22(13-9-19)30(33)34)27-21-11-14-24(29-16-4-5-17-29)23(18-21)26(32)28-20-6-2-1-3-7-20/h8-15,18,20H,1-7,16-17H2,(H,27,31)(H,28,32)/b15-10+. The van der Waals surface area contributed by atoms with Crippen LogP contribution in [-0.2, 0) is 4.79 Å². The molecular weight excluding hydrogens is 432 g/mol. The summed E-state index contributed by atoms with van der Waals surface area (Å²) in [6.07, 6.45) is 10.7. The minimum absolute atomic E-state index is 0.00118. The molecule has 0 spiro atoms. The van der Waals surface area contributed by atoms with Crippen LogP contribution in [0.15, 0.2) is 48.5 Å². The monoisotopic (exact) mass is 462 g/mol. The van der Waals surface area contributed by atoms with E-state index >= 15 is 0 Å². The van der Waals surface area contributed by atoms with E-state index in [1.54, 1.807) is 24.3 Å². The van der Waals surface area contributed by atoms with Crippen LogP contribution in [0.25, 0.3) is 6.08 Å². The van der Waals surface area contributed by atoms with Crippen LogP contribution >= 0.6 is 0 Å². The van der Waals surface area contributed by atoms with Gasteiger partial charge in [0, 0.05) is 48.7 Å². The molecule has 2 N–H and O–H groups in total. The summed E-state index contributed by atoms with van der Waals surface area (Å²) in [5, 5.41) is 16.8. The van der Waals surface area contributed by atoms with Crippen LogP contribution in [0.1, 0.15) is 60.9 Å². The number of carbonyl (C=O) groups excluding carboxylic acids is 2. The Bertz CT molecular complexity index is 1070. The Morgan fingerprint density at radius 1 is 0.971 bits per heavy atom. The number of nitrogens with zero attached hydrogens (tertiary/aromatic N) is 2. The molecule has 2 aromatic carbocycles. The summed E-state index contributed by atoms with van der Waals surface area (Å²) in [5.74, 6) is -0.433. The van der Waals surface area contributed by atoms with E-state index in [0.717, 1.165) is 57.3 Å². The minimum Gasteiger partial charge on any atom is -0.371 e. The Balaban J connectivity index is 1.47. The Kier molecular flexibility index (Phi) is 7.57. The van der Waals surface area contributed by atoms with Crippen LogP contribution < -0.4 is 15.5 Å². The van der Waals surface area contributed by atoms with Crippen LogP contribution in [0.2, 0.25) is 0 Å². The molecule has 0 unspecified atom stereocenters. The maximum absolute atomic E-state index is 13.2. The van der Waals surface area contributed by atoms with E-state index in [2.05, 4.69) is 15.5 Å². The average molecular weight is 463 g/mol. The number of anilines is 2. The molecule has 1 aliphatic carbocycles. The second-order valence-electron chi connectivity index (χ2n) is 8.91. The highest BCUT2D eigenvalue weighted by Gasteiger charge is 2.23. The van der Waals surface area contributed by atoms with Crippen molar-refractivity contribution in [1.29, 1.82) is 0 Å². The van der Waals surface area contributed by atoms with Gasteiger partial charge in [0.25, 0.3) is 11.6 Å². The van der Waals surface area contributed by atoms with Crippen molar-refractivity contribution in [3.8, 4) is 0 Å². The zero-order valence-electron chi connectivity index (χ0n) is 19.2. The van der Waals surface area contributed by atoms with E-state index in [0.29, 0.717) is 16.8 Å². The number of nitrogens with one attached hydrogen (secondary N) is 2. The van der Waals surface area contributed by atoms with Crippen molar-refractivity contribution in [3.63, 3.8) is 0 Å². The second kappa shape index (κ2) is 11.0. The quantitative estimate of drug-likeness (QED) is 0.346. The topological polar surface area (TPSA) is 105 Å². The van der Waals surface area contributed by atoms with Crippen molar-refractivity contribution in [2.75, 3.05) is 23.3 Å². The van der Waals surface area contributed by atoms with Gasteiger partial charge in [0.05, 0.1) is 10.5 Å². The van der Waals surface area contributed by atoms with Gasteiger partial charge in [-0.2, -0.15) is 0 Å². The van der Waals surface area contributed by atoms with Gasteiger partial charge in [0.15, 0.2) is 0 Å². The number of nitro benzene ring substituents is 1. The van der Waals surface area contributed by atoms with Gasteiger partial charge in [-0.1, -0.05) is 19.3 Å². The van der Waals surface area contributed by atoms with Crippen molar-refractivity contribution in [3.05, 3.63) is 69.8 Å². The third-order valence-electron chi connectivity index (χ3n) is 6.43. The molecule has 8 nitrogen and oxygen atoms in total. The van der Waals surface area contributed by atoms with E-state index in [-0.39, 0.29) is 23.5 Å². The summed E-state index contributed by atoms with van der Waals surface area (Å²) in [5.41, 5.74) is 2.72. The highest BCUT2D eigenvalue weighted by Crippen LogP contribution is 2.28. The number of benzene rings is 2. The zero-order valence-corrected chi connectivity index (χ0v) is 19.2.